The molecule has 0 bridgehead atoms. The first-order valence-electron chi connectivity index (χ1n) is 7.36. The number of aromatic carboxylic acids is 1. The Bertz CT molecular complexity index is 681. The second kappa shape index (κ2) is 6.55. The van der Waals surface area contributed by atoms with Crippen LogP contribution in [0.4, 0.5) is 0 Å². The Kier molecular flexibility index (Phi) is 4.75. The highest BCUT2D eigenvalue weighted by atomic mass is 16.6. The molecule has 0 aliphatic heterocycles. The van der Waals surface area contributed by atoms with Crippen LogP contribution < -0.4 is 9.57 Å². The van der Waals surface area contributed by atoms with Gasteiger partial charge in [0.15, 0.2) is 5.69 Å². The normalized spacial score (nSPS) is 15.7. The van der Waals surface area contributed by atoms with E-state index in [0.29, 0.717) is 11.7 Å². The Balaban J connectivity index is 0.000000847. The van der Waals surface area contributed by atoms with Gasteiger partial charge in [-0.05, 0) is 18.8 Å². The van der Waals surface area contributed by atoms with Crippen LogP contribution in [0.3, 0.4) is 0 Å². The van der Waals surface area contributed by atoms with Crippen LogP contribution >= 0.6 is 0 Å². The predicted octanol–water partition coefficient (Wildman–Crippen LogP) is 1.07. The maximum absolute atomic E-state index is 11.3. The van der Waals surface area contributed by atoms with Crippen molar-refractivity contribution >= 4 is 5.97 Å². The van der Waals surface area contributed by atoms with E-state index in [9.17, 15) is 9.90 Å². The number of rotatable bonds is 3. The molecule has 0 saturated carbocycles. The number of carboxylic acid groups (broad SMARTS) is 1. The van der Waals surface area contributed by atoms with Crippen molar-refractivity contribution in [2.75, 3.05) is 7.11 Å². The number of aromatic nitrogens is 4. The molecule has 7 heteroatoms. The van der Waals surface area contributed by atoms with Crippen LogP contribution in [0.15, 0.2) is 18.6 Å². The van der Waals surface area contributed by atoms with Crippen LogP contribution in [0.1, 0.15) is 42.5 Å². The number of hydrogen-bond donors (Lipinski definition) is 1. The monoisotopic (exact) mass is 305 g/mol. The van der Waals surface area contributed by atoms with Gasteiger partial charge in [0.1, 0.15) is 7.11 Å². The number of carbonyl (C=O) groups is 1. The molecule has 2 aromatic rings. The van der Waals surface area contributed by atoms with Gasteiger partial charge >= 0.3 is 5.97 Å². The van der Waals surface area contributed by atoms with Gasteiger partial charge in [0.05, 0.1) is 11.9 Å². The van der Waals surface area contributed by atoms with Crippen LogP contribution in [0.25, 0.3) is 5.82 Å². The zero-order chi connectivity index (χ0) is 16.3. The number of hydrogen-bond acceptors (Lipinski definition) is 4. The molecule has 0 saturated heterocycles. The molecular formula is C15H21N4O3+. The minimum Gasteiger partial charge on any atom is -0.476 e. The summed E-state index contributed by atoms with van der Waals surface area (Å²) >= 11 is 0. The van der Waals surface area contributed by atoms with Crippen molar-refractivity contribution in [1.82, 2.24) is 14.8 Å². The fourth-order valence-electron chi connectivity index (χ4n) is 2.61. The highest BCUT2D eigenvalue weighted by Crippen LogP contribution is 2.30. The van der Waals surface area contributed by atoms with E-state index in [0.717, 1.165) is 24.1 Å². The zero-order valence-electron chi connectivity index (χ0n) is 13.3. The zero-order valence-corrected chi connectivity index (χ0v) is 13.3. The molecule has 0 spiro atoms. The third-order valence-electron chi connectivity index (χ3n) is 3.48. The minimum atomic E-state index is -0.996. The van der Waals surface area contributed by atoms with E-state index in [1.54, 1.807) is 30.4 Å². The molecule has 0 radical (unpaired) electrons. The van der Waals surface area contributed by atoms with Crippen molar-refractivity contribution in [3.63, 3.8) is 0 Å². The molecule has 3 rings (SSSR count). The Hall–Kier alpha value is -2.44. The van der Waals surface area contributed by atoms with E-state index in [-0.39, 0.29) is 5.69 Å². The lowest BCUT2D eigenvalue weighted by molar-refractivity contribution is -0.885. The SMILES string of the molecule is CC.CO[n+]1ccnc(-n2nc(C(=O)O)c3c2CC(C)C3)c1. The lowest BCUT2D eigenvalue weighted by Gasteiger charge is -2.04. The number of nitrogens with zero attached hydrogens (tertiary/aromatic N) is 4. The average molecular weight is 305 g/mol. The second-order valence-electron chi connectivity index (χ2n) is 4.96. The Morgan fingerprint density at radius 2 is 2.18 bits per heavy atom. The van der Waals surface area contributed by atoms with Crippen molar-refractivity contribution in [2.24, 2.45) is 5.92 Å². The van der Waals surface area contributed by atoms with Gasteiger partial charge in [-0.2, -0.15) is 5.10 Å². The lowest BCUT2D eigenvalue weighted by Crippen LogP contribution is -2.40. The van der Waals surface area contributed by atoms with Gasteiger partial charge in [0, 0.05) is 10.3 Å². The topological polar surface area (TPSA) is 81.1 Å². The fourth-order valence-corrected chi connectivity index (χ4v) is 2.61. The van der Waals surface area contributed by atoms with Crippen LogP contribution in [0.2, 0.25) is 0 Å². The number of carboxylic acids is 1. The van der Waals surface area contributed by atoms with Crippen LogP contribution in [-0.4, -0.2) is 33.0 Å². The molecule has 7 nitrogen and oxygen atoms in total. The van der Waals surface area contributed by atoms with Crippen LogP contribution in [0.5, 0.6) is 0 Å². The van der Waals surface area contributed by atoms with Gasteiger partial charge < -0.3 is 5.11 Å². The molecule has 22 heavy (non-hydrogen) atoms. The van der Waals surface area contributed by atoms with E-state index >= 15 is 0 Å². The summed E-state index contributed by atoms with van der Waals surface area (Å²) in [4.78, 5) is 20.6. The molecule has 1 aliphatic rings. The Morgan fingerprint density at radius 1 is 1.45 bits per heavy atom. The predicted molar refractivity (Wildman–Crippen MR) is 78.9 cm³/mol. The highest BCUT2D eigenvalue weighted by molar-refractivity contribution is 5.87. The van der Waals surface area contributed by atoms with Gasteiger partial charge in [0.25, 0.3) is 6.20 Å². The molecule has 118 valence electrons. The van der Waals surface area contributed by atoms with Gasteiger partial charge in [0.2, 0.25) is 12.0 Å². The molecule has 0 amide bonds. The molecule has 2 heterocycles. The fraction of sp³-hybridized carbons (Fsp3) is 0.467. The van der Waals surface area contributed by atoms with E-state index in [1.165, 1.54) is 4.73 Å². The molecular weight excluding hydrogens is 284 g/mol. The Morgan fingerprint density at radius 3 is 2.82 bits per heavy atom. The lowest BCUT2D eigenvalue weighted by atomic mass is 10.1. The van der Waals surface area contributed by atoms with Gasteiger partial charge in [-0.3, -0.25) is 4.84 Å². The van der Waals surface area contributed by atoms with E-state index in [2.05, 4.69) is 17.0 Å². The minimum absolute atomic E-state index is 0.124. The first kappa shape index (κ1) is 15.9. The maximum Gasteiger partial charge on any atom is 0.356 e. The summed E-state index contributed by atoms with van der Waals surface area (Å²) in [6, 6.07) is 0. The largest absolute Gasteiger partial charge is 0.476 e. The second-order valence-corrected chi connectivity index (χ2v) is 4.96. The van der Waals surface area contributed by atoms with Crippen molar-refractivity contribution in [1.29, 1.82) is 0 Å². The molecule has 0 fully saturated rings. The van der Waals surface area contributed by atoms with Crippen molar-refractivity contribution in [3.05, 3.63) is 35.5 Å². The van der Waals surface area contributed by atoms with Gasteiger partial charge in [-0.15, -0.1) is 0 Å². The summed E-state index contributed by atoms with van der Waals surface area (Å²) in [7, 11) is 1.54. The van der Waals surface area contributed by atoms with Gasteiger partial charge in [-0.1, -0.05) is 20.8 Å². The standard InChI is InChI=1S/C13H14N4O3.C2H6/c1-8-5-9-10(6-8)17(15-12(9)13(18)19)11-7-16(20-2)4-3-14-11;1-2/h3-4,7-8H,5-6H2,1-2H3;1-2H3/p+1. The van der Waals surface area contributed by atoms with E-state index < -0.39 is 5.97 Å². The summed E-state index contributed by atoms with van der Waals surface area (Å²) in [6.07, 6.45) is 6.47. The summed E-state index contributed by atoms with van der Waals surface area (Å²) in [5.74, 6) is -0.0255. The molecule has 2 aromatic heterocycles. The van der Waals surface area contributed by atoms with Crippen LogP contribution in [-0.2, 0) is 12.8 Å². The van der Waals surface area contributed by atoms with E-state index in [1.807, 2.05) is 13.8 Å². The third kappa shape index (κ3) is 2.79. The van der Waals surface area contributed by atoms with Crippen LogP contribution in [0, 0.1) is 5.92 Å². The quantitative estimate of drug-likeness (QED) is 0.858. The molecule has 0 aromatic carbocycles. The first-order valence-corrected chi connectivity index (χ1v) is 7.36. The smallest absolute Gasteiger partial charge is 0.356 e. The van der Waals surface area contributed by atoms with Gasteiger partial charge in [-0.25, -0.2) is 14.5 Å². The molecule has 1 atom stereocenters. The van der Waals surface area contributed by atoms with E-state index in [4.69, 9.17) is 4.84 Å². The Labute approximate surface area is 129 Å². The van der Waals surface area contributed by atoms with Crippen molar-refractivity contribution < 1.29 is 19.5 Å². The number of fused-ring (bicyclic) bond motifs is 1. The third-order valence-corrected chi connectivity index (χ3v) is 3.48. The maximum atomic E-state index is 11.3. The summed E-state index contributed by atoms with van der Waals surface area (Å²) in [5.41, 5.74) is 1.87. The summed E-state index contributed by atoms with van der Waals surface area (Å²) < 4.78 is 3.10. The first-order chi connectivity index (χ1) is 10.6. The van der Waals surface area contributed by atoms with Crippen molar-refractivity contribution in [2.45, 2.75) is 33.6 Å². The average Bonchev–Trinajstić information content (AvgIpc) is 3.06. The molecule has 1 unspecified atom stereocenters. The summed E-state index contributed by atoms with van der Waals surface area (Å²) in [5, 5.41) is 13.5. The molecule has 1 aliphatic carbocycles. The van der Waals surface area contributed by atoms with Crippen molar-refractivity contribution in [3.8, 4) is 5.82 Å². The summed E-state index contributed by atoms with van der Waals surface area (Å²) in [6.45, 7) is 6.10. The highest BCUT2D eigenvalue weighted by Gasteiger charge is 2.31. The molecule has 1 N–H and O–H groups in total.